The number of hydrogen-bond acceptors (Lipinski definition) is 6. The minimum Gasteiger partial charge on any atom is -0.385 e. The molecular formula is C23H40N2O2S2. The van der Waals surface area contributed by atoms with Crippen molar-refractivity contribution in [3.8, 4) is 6.07 Å². The molecule has 166 valence electrons. The number of carbonyl (C=O) groups excluding carboxylic acids is 1. The molecule has 1 aromatic heterocycles. The van der Waals surface area contributed by atoms with E-state index in [0.717, 1.165) is 24.5 Å². The quantitative estimate of drug-likeness (QED) is 0.335. The molecule has 6 heteroatoms. The van der Waals surface area contributed by atoms with Crippen LogP contribution in [-0.2, 0) is 9.53 Å². The number of pyridine rings is 1. The second-order valence-electron chi connectivity index (χ2n) is 7.26. The smallest absolute Gasteiger partial charge is 0.132 e. The summed E-state index contributed by atoms with van der Waals surface area (Å²) in [5.41, 5.74) is -0.301. The van der Waals surface area contributed by atoms with E-state index < -0.39 is 0 Å². The van der Waals surface area contributed by atoms with E-state index in [1.807, 2.05) is 69.8 Å². The molecular weight excluding hydrogens is 400 g/mol. The molecule has 1 rings (SSSR count). The second-order valence-corrected chi connectivity index (χ2v) is 10.1. The van der Waals surface area contributed by atoms with E-state index in [-0.39, 0.29) is 15.9 Å². The summed E-state index contributed by atoms with van der Waals surface area (Å²) in [5.74, 6) is 0.255. The molecule has 1 atom stereocenters. The van der Waals surface area contributed by atoms with Gasteiger partial charge in [0.05, 0.1) is 11.5 Å². The SMILES string of the molecule is CC.CCC(=O)CCC(C)(C#N)CC.COCCC(C)(C)SSc1ccccn1. The molecule has 0 aliphatic heterocycles. The second kappa shape index (κ2) is 17.8. The zero-order chi connectivity index (χ0) is 22.8. The summed E-state index contributed by atoms with van der Waals surface area (Å²) in [6.07, 6.45) is 5.53. The van der Waals surface area contributed by atoms with Crippen LogP contribution in [-0.4, -0.2) is 29.2 Å². The van der Waals surface area contributed by atoms with Crippen LogP contribution in [0.1, 0.15) is 80.6 Å². The molecule has 29 heavy (non-hydrogen) atoms. The Morgan fingerprint density at radius 3 is 2.31 bits per heavy atom. The highest BCUT2D eigenvalue weighted by Crippen LogP contribution is 2.41. The standard InChI is InChI=1S/C11H17NOS2.C10H17NO.C2H6/c1-11(2,7-9-13-3)15-14-10-6-4-5-8-12-10;1-4-9(12)6-7-10(3,5-2)8-11;1-2/h4-6,8H,7,9H2,1-3H3;4-7H2,1-3H3;1-2H3. The van der Waals surface area contributed by atoms with Crippen LogP contribution >= 0.6 is 21.6 Å². The van der Waals surface area contributed by atoms with Crippen molar-refractivity contribution in [1.29, 1.82) is 5.26 Å². The molecule has 0 spiro atoms. The third-order valence-electron chi connectivity index (χ3n) is 4.30. The fourth-order valence-electron chi connectivity index (χ4n) is 1.85. The first-order valence-corrected chi connectivity index (χ1v) is 12.6. The number of nitriles is 1. The average Bonchev–Trinajstić information content (AvgIpc) is 2.77. The molecule has 1 unspecified atom stereocenters. The van der Waals surface area contributed by atoms with Gasteiger partial charge >= 0.3 is 0 Å². The van der Waals surface area contributed by atoms with Crippen LogP contribution in [0.4, 0.5) is 0 Å². The summed E-state index contributed by atoms with van der Waals surface area (Å²) in [7, 11) is 5.32. The van der Waals surface area contributed by atoms with Crippen LogP contribution in [0.5, 0.6) is 0 Å². The van der Waals surface area contributed by atoms with Crippen molar-refractivity contribution in [3.05, 3.63) is 24.4 Å². The maximum Gasteiger partial charge on any atom is 0.132 e. The molecule has 0 saturated heterocycles. The molecule has 0 aromatic carbocycles. The molecule has 0 aliphatic carbocycles. The van der Waals surface area contributed by atoms with Gasteiger partial charge in [0.25, 0.3) is 0 Å². The number of Topliss-reactive ketones (excluding diaryl/α,β-unsaturated/α-hetero) is 1. The van der Waals surface area contributed by atoms with Crippen LogP contribution < -0.4 is 0 Å². The fraction of sp³-hybridized carbons (Fsp3) is 0.696. The largest absolute Gasteiger partial charge is 0.385 e. The first kappa shape index (κ1) is 30.2. The van der Waals surface area contributed by atoms with Gasteiger partial charge in [-0.05, 0) is 63.0 Å². The Bertz CT molecular complexity index is 574. The predicted octanol–water partition coefficient (Wildman–Crippen LogP) is 7.35. The first-order chi connectivity index (χ1) is 13.7. The van der Waals surface area contributed by atoms with Crippen molar-refractivity contribution in [3.63, 3.8) is 0 Å². The number of aromatic nitrogens is 1. The number of hydrogen-bond donors (Lipinski definition) is 0. The summed E-state index contributed by atoms with van der Waals surface area (Å²) < 4.78 is 5.31. The summed E-state index contributed by atoms with van der Waals surface area (Å²) in [5, 5.41) is 9.87. The highest BCUT2D eigenvalue weighted by atomic mass is 33.1. The Labute approximate surface area is 187 Å². The Hall–Kier alpha value is -1.03. The van der Waals surface area contributed by atoms with Gasteiger partial charge in [-0.2, -0.15) is 5.26 Å². The number of carbonyl (C=O) groups is 1. The number of rotatable bonds is 11. The summed E-state index contributed by atoms with van der Waals surface area (Å²) in [6, 6.07) is 8.23. The average molecular weight is 441 g/mol. The van der Waals surface area contributed by atoms with E-state index in [2.05, 4.69) is 24.9 Å². The lowest BCUT2D eigenvalue weighted by Gasteiger charge is -2.22. The number of nitrogens with zero attached hydrogens (tertiary/aromatic N) is 2. The lowest BCUT2D eigenvalue weighted by Crippen LogP contribution is -2.15. The lowest BCUT2D eigenvalue weighted by atomic mass is 9.84. The van der Waals surface area contributed by atoms with E-state index in [1.165, 1.54) is 0 Å². The van der Waals surface area contributed by atoms with Crippen molar-refractivity contribution in [2.45, 2.75) is 90.3 Å². The van der Waals surface area contributed by atoms with Gasteiger partial charge in [-0.3, -0.25) is 4.79 Å². The first-order valence-electron chi connectivity index (χ1n) is 10.4. The van der Waals surface area contributed by atoms with Crippen LogP contribution in [0.2, 0.25) is 0 Å². The van der Waals surface area contributed by atoms with E-state index >= 15 is 0 Å². The number of ketones is 1. The molecule has 0 amide bonds. The summed E-state index contributed by atoms with van der Waals surface area (Å²) >= 11 is 0. The monoisotopic (exact) mass is 440 g/mol. The van der Waals surface area contributed by atoms with Crippen molar-refractivity contribution < 1.29 is 9.53 Å². The Kier molecular flexibility index (Phi) is 18.5. The van der Waals surface area contributed by atoms with Crippen LogP contribution in [0, 0.1) is 16.7 Å². The van der Waals surface area contributed by atoms with Crippen LogP contribution in [0.15, 0.2) is 29.4 Å². The lowest BCUT2D eigenvalue weighted by molar-refractivity contribution is -0.119. The van der Waals surface area contributed by atoms with E-state index in [1.54, 1.807) is 17.9 Å². The molecule has 0 aliphatic rings. The maximum atomic E-state index is 11.0. The molecule has 0 saturated carbocycles. The minimum absolute atomic E-state index is 0.220. The summed E-state index contributed by atoms with van der Waals surface area (Å²) in [4.78, 5) is 15.3. The number of methoxy groups -OCH3 is 1. The van der Waals surface area contributed by atoms with E-state index in [0.29, 0.717) is 19.3 Å². The zero-order valence-corrected chi connectivity index (χ0v) is 21.2. The predicted molar refractivity (Wildman–Crippen MR) is 128 cm³/mol. The van der Waals surface area contributed by atoms with Gasteiger partial charge < -0.3 is 4.74 Å². The van der Waals surface area contributed by atoms with Gasteiger partial charge in [0.1, 0.15) is 10.8 Å². The minimum atomic E-state index is -0.301. The normalized spacial score (nSPS) is 12.4. The topological polar surface area (TPSA) is 63.0 Å². The van der Waals surface area contributed by atoms with Crippen LogP contribution in [0.3, 0.4) is 0 Å². The Morgan fingerprint density at radius 1 is 1.21 bits per heavy atom. The third-order valence-corrected chi connectivity index (χ3v) is 7.57. The molecule has 0 N–H and O–H groups in total. The van der Waals surface area contributed by atoms with Crippen LogP contribution in [0.25, 0.3) is 0 Å². The van der Waals surface area contributed by atoms with Gasteiger partial charge in [0.2, 0.25) is 0 Å². The molecule has 1 heterocycles. The van der Waals surface area contributed by atoms with Crippen molar-refractivity contribution >= 4 is 27.4 Å². The molecule has 0 fully saturated rings. The van der Waals surface area contributed by atoms with E-state index in [9.17, 15) is 4.79 Å². The van der Waals surface area contributed by atoms with Gasteiger partial charge in [0.15, 0.2) is 0 Å². The Morgan fingerprint density at radius 2 is 1.86 bits per heavy atom. The highest BCUT2D eigenvalue weighted by molar-refractivity contribution is 8.77. The van der Waals surface area contributed by atoms with Gasteiger partial charge in [0, 0.05) is 37.5 Å². The van der Waals surface area contributed by atoms with E-state index in [4.69, 9.17) is 10.00 Å². The molecule has 1 aromatic rings. The fourth-order valence-corrected chi connectivity index (χ4v) is 4.04. The Balaban J connectivity index is 0. The van der Waals surface area contributed by atoms with Gasteiger partial charge in [-0.1, -0.05) is 44.6 Å². The third kappa shape index (κ3) is 16.5. The van der Waals surface area contributed by atoms with Crippen molar-refractivity contribution in [2.75, 3.05) is 13.7 Å². The molecule has 0 bridgehead atoms. The van der Waals surface area contributed by atoms with Gasteiger partial charge in [-0.25, -0.2) is 4.98 Å². The highest BCUT2D eigenvalue weighted by Gasteiger charge is 2.21. The maximum absolute atomic E-state index is 11.0. The summed E-state index contributed by atoms with van der Waals surface area (Å²) in [6.45, 7) is 15.0. The van der Waals surface area contributed by atoms with Crippen molar-refractivity contribution in [2.24, 2.45) is 5.41 Å². The van der Waals surface area contributed by atoms with Crippen molar-refractivity contribution in [1.82, 2.24) is 4.98 Å². The zero-order valence-electron chi connectivity index (χ0n) is 19.6. The molecule has 4 nitrogen and oxygen atoms in total. The number of ether oxygens (including phenoxy) is 1. The van der Waals surface area contributed by atoms with Gasteiger partial charge in [-0.15, -0.1) is 0 Å². The molecule has 0 radical (unpaired) electrons.